The second-order valence-electron chi connectivity index (χ2n) is 12.8. The van der Waals surface area contributed by atoms with E-state index in [1.54, 1.807) is 41.3 Å². The van der Waals surface area contributed by atoms with Crippen molar-refractivity contribution < 1.29 is 37.0 Å². The zero-order chi connectivity index (χ0) is 30.7. The number of ether oxygens (including phenoxy) is 4. The van der Waals surface area contributed by atoms with Gasteiger partial charge < -0.3 is 23.8 Å². The third kappa shape index (κ3) is 8.61. The molecule has 1 fully saturated rings. The minimum absolute atomic E-state index is 0.0757. The summed E-state index contributed by atoms with van der Waals surface area (Å²) in [6, 6.07) is 11.9. The topological polar surface area (TPSA) is 120 Å². The number of sulfonamides is 1. The van der Waals surface area contributed by atoms with Crippen LogP contribution in [0.3, 0.4) is 0 Å². The summed E-state index contributed by atoms with van der Waals surface area (Å²) in [6.45, 7) is 12.7. The van der Waals surface area contributed by atoms with Crippen LogP contribution in [0.4, 0.5) is 4.79 Å². The minimum Gasteiger partial charge on any atom is -0.486 e. The lowest BCUT2D eigenvalue weighted by Gasteiger charge is -2.28. The quantitative estimate of drug-likeness (QED) is 0.432. The smallest absolute Gasteiger partial charge is 0.410 e. The second kappa shape index (κ2) is 12.5. The van der Waals surface area contributed by atoms with E-state index < -0.39 is 33.2 Å². The van der Waals surface area contributed by atoms with Gasteiger partial charge in [0.2, 0.25) is 10.0 Å². The Kier molecular flexibility index (Phi) is 9.42. The molecule has 10 nitrogen and oxygen atoms in total. The monoisotopic (exact) mass is 602 g/mol. The molecular formula is C31H42N2O8S. The van der Waals surface area contributed by atoms with Crippen molar-refractivity contribution in [1.29, 1.82) is 0 Å². The van der Waals surface area contributed by atoms with Crippen molar-refractivity contribution >= 4 is 22.1 Å². The number of carbonyl (C=O) groups excluding carboxylic acids is 2. The fraction of sp³-hybridized carbons (Fsp3) is 0.548. The van der Waals surface area contributed by atoms with E-state index >= 15 is 0 Å². The molecule has 0 saturated carbocycles. The maximum absolute atomic E-state index is 13.4. The van der Waals surface area contributed by atoms with E-state index in [0.29, 0.717) is 49.8 Å². The molecule has 1 N–H and O–H groups in total. The van der Waals surface area contributed by atoms with E-state index in [4.69, 9.17) is 18.9 Å². The number of hydrogen-bond donors (Lipinski definition) is 1. The van der Waals surface area contributed by atoms with Gasteiger partial charge in [0.1, 0.15) is 24.4 Å². The number of rotatable bonds is 8. The van der Waals surface area contributed by atoms with Crippen molar-refractivity contribution in [1.82, 2.24) is 9.62 Å². The van der Waals surface area contributed by atoms with E-state index in [1.165, 1.54) is 6.07 Å². The zero-order valence-corrected chi connectivity index (χ0v) is 26.1. The van der Waals surface area contributed by atoms with Gasteiger partial charge in [0.05, 0.1) is 10.8 Å². The molecule has 1 amide bonds. The molecule has 0 aromatic heterocycles. The third-order valence-corrected chi connectivity index (χ3v) is 8.29. The normalized spacial score (nSPS) is 18.0. The third-order valence-electron chi connectivity index (χ3n) is 6.89. The number of nitrogens with zero attached hydrogens (tertiary/aromatic N) is 1. The van der Waals surface area contributed by atoms with Crippen molar-refractivity contribution in [2.75, 3.05) is 26.3 Å². The summed E-state index contributed by atoms with van der Waals surface area (Å²) in [5, 5.41) is 0. The molecule has 0 unspecified atom stereocenters. The molecule has 2 atom stereocenters. The number of esters is 1. The highest BCUT2D eigenvalue weighted by molar-refractivity contribution is 7.89. The summed E-state index contributed by atoms with van der Waals surface area (Å²) in [5.74, 6) is 0.117. The van der Waals surface area contributed by atoms with Crippen molar-refractivity contribution in [3.8, 4) is 11.5 Å². The molecule has 0 bridgehead atoms. The molecule has 0 radical (unpaired) electrons. The van der Waals surface area contributed by atoms with Crippen molar-refractivity contribution in [2.24, 2.45) is 11.8 Å². The predicted octanol–water partition coefficient (Wildman–Crippen LogP) is 4.69. The summed E-state index contributed by atoms with van der Waals surface area (Å²) in [4.78, 5) is 27.8. The fourth-order valence-electron chi connectivity index (χ4n) is 4.98. The summed E-state index contributed by atoms with van der Waals surface area (Å²) in [7, 11) is -3.85. The van der Waals surface area contributed by atoms with Crippen LogP contribution in [0.5, 0.6) is 11.5 Å². The van der Waals surface area contributed by atoms with Gasteiger partial charge in [-0.3, -0.25) is 4.79 Å². The molecular weight excluding hydrogens is 560 g/mol. The first kappa shape index (κ1) is 31.6. The molecule has 0 spiro atoms. The highest BCUT2D eigenvalue weighted by Gasteiger charge is 2.39. The number of nitrogens with one attached hydrogen (secondary N) is 1. The van der Waals surface area contributed by atoms with E-state index in [2.05, 4.69) is 4.72 Å². The van der Waals surface area contributed by atoms with Crippen LogP contribution < -0.4 is 14.2 Å². The summed E-state index contributed by atoms with van der Waals surface area (Å²) in [5.41, 5.74) is 0.104. The molecule has 2 aromatic rings. The second-order valence-corrected chi connectivity index (χ2v) is 14.5. The lowest BCUT2D eigenvalue weighted by Crippen LogP contribution is -2.38. The summed E-state index contributed by atoms with van der Waals surface area (Å²) in [6.07, 6.45) is 0.469. The molecule has 42 heavy (non-hydrogen) atoms. The number of fused-ring (bicyclic) bond motifs is 1. The van der Waals surface area contributed by atoms with Gasteiger partial charge in [0.15, 0.2) is 11.5 Å². The molecule has 1 saturated heterocycles. The molecule has 11 heteroatoms. The molecule has 2 aromatic carbocycles. The number of hydrogen-bond acceptors (Lipinski definition) is 8. The first-order chi connectivity index (χ1) is 19.6. The van der Waals surface area contributed by atoms with Gasteiger partial charge in [0, 0.05) is 19.6 Å². The van der Waals surface area contributed by atoms with Crippen LogP contribution in [0.2, 0.25) is 0 Å². The van der Waals surface area contributed by atoms with Crippen LogP contribution in [0.15, 0.2) is 47.4 Å². The number of carbonyl (C=O) groups is 2. The maximum atomic E-state index is 13.4. The maximum Gasteiger partial charge on any atom is 0.410 e. The number of likely N-dealkylation sites (tertiary alicyclic amines) is 1. The van der Waals surface area contributed by atoms with Crippen molar-refractivity contribution in [3.63, 3.8) is 0 Å². The standard InChI is InChI=1S/C31H42N2O8S/c1-30(2,3)40-28(34)25(23-12-13-33(20-23)29(35)41-31(4,5)6)17-21-8-7-9-24(16-21)42(36,37)32-19-22-10-11-26-27(18-22)39-15-14-38-26/h7-11,16,18,23,25,32H,12-15,17,19-20H2,1-6H3/t23-,25-/m0/s1. The Morgan fingerprint density at radius 1 is 0.952 bits per heavy atom. The summed E-state index contributed by atoms with van der Waals surface area (Å²) >= 11 is 0. The lowest BCUT2D eigenvalue weighted by atomic mass is 9.86. The Labute approximate surface area is 248 Å². The molecule has 4 rings (SSSR count). The van der Waals surface area contributed by atoms with E-state index in [-0.39, 0.29) is 29.7 Å². The average Bonchev–Trinajstić information content (AvgIpc) is 3.39. The van der Waals surface area contributed by atoms with E-state index in [9.17, 15) is 18.0 Å². The number of amides is 1. The Hall–Kier alpha value is -3.31. The Bertz CT molecular complexity index is 1390. The van der Waals surface area contributed by atoms with Gasteiger partial charge >= 0.3 is 12.1 Å². The minimum atomic E-state index is -3.85. The van der Waals surface area contributed by atoms with Crippen LogP contribution >= 0.6 is 0 Å². The predicted molar refractivity (Wildman–Crippen MR) is 157 cm³/mol. The molecule has 2 heterocycles. The highest BCUT2D eigenvalue weighted by atomic mass is 32.2. The van der Waals surface area contributed by atoms with Gasteiger partial charge in [-0.05, 0) is 95.7 Å². The Balaban J connectivity index is 1.48. The average molecular weight is 603 g/mol. The molecule has 0 aliphatic carbocycles. The molecule has 230 valence electrons. The van der Waals surface area contributed by atoms with Crippen molar-refractivity contribution in [2.45, 2.75) is 77.0 Å². The lowest BCUT2D eigenvalue weighted by molar-refractivity contribution is -0.161. The van der Waals surface area contributed by atoms with Crippen LogP contribution in [0, 0.1) is 11.8 Å². The Morgan fingerprint density at radius 3 is 2.33 bits per heavy atom. The van der Waals surface area contributed by atoms with Crippen LogP contribution in [0.25, 0.3) is 0 Å². The van der Waals surface area contributed by atoms with Crippen molar-refractivity contribution in [3.05, 3.63) is 53.6 Å². The first-order valence-electron chi connectivity index (χ1n) is 14.3. The molecule has 2 aliphatic heterocycles. The van der Waals surface area contributed by atoms with Gasteiger partial charge in [-0.2, -0.15) is 0 Å². The highest BCUT2D eigenvalue weighted by Crippen LogP contribution is 2.32. The largest absolute Gasteiger partial charge is 0.486 e. The van der Waals surface area contributed by atoms with Crippen LogP contribution in [-0.2, 0) is 37.3 Å². The van der Waals surface area contributed by atoms with Gasteiger partial charge in [0.25, 0.3) is 0 Å². The molecule has 2 aliphatic rings. The first-order valence-corrected chi connectivity index (χ1v) is 15.8. The van der Waals surface area contributed by atoms with E-state index in [1.807, 2.05) is 41.5 Å². The van der Waals surface area contributed by atoms with Crippen LogP contribution in [-0.4, -0.2) is 62.9 Å². The summed E-state index contributed by atoms with van der Waals surface area (Å²) < 4.78 is 51.5. The SMILES string of the molecule is CC(C)(C)OC(=O)[C@@H](Cc1cccc(S(=O)(=O)NCc2ccc3c(c2)OCCO3)c1)[C@H]1CCN(C(=O)OC(C)(C)C)C1. The van der Waals surface area contributed by atoms with Gasteiger partial charge in [-0.25, -0.2) is 17.9 Å². The fourth-order valence-corrected chi connectivity index (χ4v) is 6.07. The Morgan fingerprint density at radius 2 is 1.64 bits per heavy atom. The zero-order valence-electron chi connectivity index (χ0n) is 25.3. The number of benzene rings is 2. The van der Waals surface area contributed by atoms with Gasteiger partial charge in [-0.15, -0.1) is 0 Å². The van der Waals surface area contributed by atoms with Gasteiger partial charge in [-0.1, -0.05) is 18.2 Å². The van der Waals surface area contributed by atoms with Crippen LogP contribution in [0.1, 0.15) is 59.1 Å². The van der Waals surface area contributed by atoms with E-state index in [0.717, 1.165) is 5.56 Å².